The van der Waals surface area contributed by atoms with E-state index in [0.717, 1.165) is 12.1 Å². The van der Waals surface area contributed by atoms with Gasteiger partial charge >= 0.3 is 6.03 Å². The lowest BCUT2D eigenvalue weighted by Gasteiger charge is -2.21. The Morgan fingerprint density at radius 2 is 1.75 bits per heavy atom. The van der Waals surface area contributed by atoms with Crippen LogP contribution >= 0.6 is 0 Å². The zero-order valence-electron chi connectivity index (χ0n) is 13.4. The second-order valence-corrected chi connectivity index (χ2v) is 5.58. The number of benzene rings is 1. The van der Waals surface area contributed by atoms with Gasteiger partial charge in [-0.15, -0.1) is 5.10 Å². The van der Waals surface area contributed by atoms with Gasteiger partial charge < -0.3 is 15.1 Å². The van der Waals surface area contributed by atoms with E-state index < -0.39 is 0 Å². The summed E-state index contributed by atoms with van der Waals surface area (Å²) in [5, 5.41) is 13.9. The molecular formula is C15H19N7O2. The van der Waals surface area contributed by atoms with Crippen molar-refractivity contribution in [3.05, 3.63) is 30.6 Å². The van der Waals surface area contributed by atoms with Gasteiger partial charge in [0.2, 0.25) is 5.91 Å². The third-order valence-electron chi connectivity index (χ3n) is 3.96. The van der Waals surface area contributed by atoms with Crippen molar-refractivity contribution in [2.45, 2.75) is 13.3 Å². The van der Waals surface area contributed by atoms with Crippen molar-refractivity contribution in [2.24, 2.45) is 0 Å². The van der Waals surface area contributed by atoms with Gasteiger partial charge in [-0.3, -0.25) is 4.79 Å². The molecule has 0 atom stereocenters. The standard InChI is InChI=1S/C15H19N7O2/c1-12(23)20-7-2-8-21(10-9-20)15(24)17-13-3-5-14(6-4-13)22-11-16-18-19-22/h3-6,11H,2,7-10H2,1H3,(H,17,24). The van der Waals surface area contributed by atoms with Gasteiger partial charge in [0.05, 0.1) is 5.69 Å². The Kier molecular flexibility index (Phi) is 4.69. The van der Waals surface area contributed by atoms with E-state index in [1.807, 2.05) is 12.1 Å². The molecule has 126 valence electrons. The average Bonchev–Trinajstić information content (AvgIpc) is 2.99. The summed E-state index contributed by atoms with van der Waals surface area (Å²) in [5.74, 6) is 0.0513. The predicted octanol–water partition coefficient (Wildman–Crippen LogP) is 0.748. The maximum atomic E-state index is 12.4. The molecule has 1 N–H and O–H groups in total. The molecule has 0 bridgehead atoms. The van der Waals surface area contributed by atoms with Crippen LogP contribution in [-0.2, 0) is 4.79 Å². The number of hydrogen-bond donors (Lipinski definition) is 1. The molecule has 1 fully saturated rings. The Morgan fingerprint density at radius 3 is 2.42 bits per heavy atom. The summed E-state index contributed by atoms with van der Waals surface area (Å²) in [5.41, 5.74) is 1.51. The van der Waals surface area contributed by atoms with Crippen molar-refractivity contribution < 1.29 is 9.59 Å². The van der Waals surface area contributed by atoms with Crippen molar-refractivity contribution in [2.75, 3.05) is 31.5 Å². The fourth-order valence-corrected chi connectivity index (χ4v) is 2.62. The summed E-state index contributed by atoms with van der Waals surface area (Å²) < 4.78 is 1.54. The summed E-state index contributed by atoms with van der Waals surface area (Å²) in [6.07, 6.45) is 2.29. The van der Waals surface area contributed by atoms with Gasteiger partial charge in [0.25, 0.3) is 0 Å². The quantitative estimate of drug-likeness (QED) is 0.877. The Hall–Kier alpha value is -2.97. The minimum absolute atomic E-state index is 0.0513. The van der Waals surface area contributed by atoms with Gasteiger partial charge in [-0.05, 0) is 41.1 Å². The molecule has 0 unspecified atom stereocenters. The molecule has 0 spiro atoms. The first-order valence-corrected chi connectivity index (χ1v) is 7.78. The normalized spacial score (nSPS) is 15.0. The van der Waals surface area contributed by atoms with Crippen LogP contribution in [-0.4, -0.2) is 68.1 Å². The zero-order valence-corrected chi connectivity index (χ0v) is 13.4. The Morgan fingerprint density at radius 1 is 1.04 bits per heavy atom. The molecule has 0 aliphatic carbocycles. The number of rotatable bonds is 2. The first kappa shape index (κ1) is 15.9. The number of tetrazole rings is 1. The molecule has 1 saturated heterocycles. The van der Waals surface area contributed by atoms with Crippen LogP contribution in [0.15, 0.2) is 30.6 Å². The van der Waals surface area contributed by atoms with Crippen molar-refractivity contribution in [1.82, 2.24) is 30.0 Å². The maximum Gasteiger partial charge on any atom is 0.321 e. The highest BCUT2D eigenvalue weighted by Gasteiger charge is 2.20. The second kappa shape index (κ2) is 7.07. The molecule has 2 heterocycles. The van der Waals surface area contributed by atoms with Crippen LogP contribution in [0.1, 0.15) is 13.3 Å². The third-order valence-corrected chi connectivity index (χ3v) is 3.96. The lowest BCUT2D eigenvalue weighted by molar-refractivity contribution is -0.128. The molecule has 1 aliphatic heterocycles. The third kappa shape index (κ3) is 3.67. The van der Waals surface area contributed by atoms with Crippen LogP contribution < -0.4 is 5.32 Å². The van der Waals surface area contributed by atoms with Crippen molar-refractivity contribution in [1.29, 1.82) is 0 Å². The molecular weight excluding hydrogens is 310 g/mol. The number of anilines is 1. The van der Waals surface area contributed by atoms with Gasteiger partial charge in [-0.2, -0.15) is 0 Å². The van der Waals surface area contributed by atoms with Crippen LogP contribution in [0, 0.1) is 0 Å². The highest BCUT2D eigenvalue weighted by atomic mass is 16.2. The van der Waals surface area contributed by atoms with Crippen molar-refractivity contribution >= 4 is 17.6 Å². The molecule has 0 saturated carbocycles. The van der Waals surface area contributed by atoms with E-state index in [1.165, 1.54) is 11.0 Å². The molecule has 9 heteroatoms. The topological polar surface area (TPSA) is 96.2 Å². The molecule has 1 aromatic heterocycles. The monoisotopic (exact) mass is 329 g/mol. The molecule has 3 amide bonds. The second-order valence-electron chi connectivity index (χ2n) is 5.58. The Bertz CT molecular complexity index is 699. The number of hydrogen-bond acceptors (Lipinski definition) is 5. The predicted molar refractivity (Wildman–Crippen MR) is 86.6 cm³/mol. The molecule has 24 heavy (non-hydrogen) atoms. The number of nitrogens with one attached hydrogen (secondary N) is 1. The fraction of sp³-hybridized carbons (Fsp3) is 0.400. The number of carbonyl (C=O) groups excluding carboxylic acids is 2. The highest BCUT2D eigenvalue weighted by molar-refractivity contribution is 5.89. The molecule has 3 rings (SSSR count). The van der Waals surface area contributed by atoms with E-state index in [1.54, 1.807) is 28.9 Å². The van der Waals surface area contributed by atoms with Crippen molar-refractivity contribution in [3.8, 4) is 5.69 Å². The largest absolute Gasteiger partial charge is 0.341 e. The van der Waals surface area contributed by atoms with Gasteiger partial charge in [-0.25, -0.2) is 9.48 Å². The first-order valence-electron chi connectivity index (χ1n) is 7.78. The summed E-state index contributed by atoms with van der Waals surface area (Å²) in [6, 6.07) is 7.09. The number of urea groups is 1. The summed E-state index contributed by atoms with van der Waals surface area (Å²) >= 11 is 0. The van der Waals surface area contributed by atoms with Crippen LogP contribution in [0.3, 0.4) is 0 Å². The summed E-state index contributed by atoms with van der Waals surface area (Å²) in [7, 11) is 0. The Balaban J connectivity index is 1.59. The smallest absolute Gasteiger partial charge is 0.321 e. The molecule has 9 nitrogen and oxygen atoms in total. The van der Waals surface area contributed by atoms with Gasteiger partial charge in [-0.1, -0.05) is 0 Å². The van der Waals surface area contributed by atoms with Crippen LogP contribution in [0.4, 0.5) is 10.5 Å². The van der Waals surface area contributed by atoms with Crippen LogP contribution in [0.2, 0.25) is 0 Å². The minimum atomic E-state index is -0.157. The number of carbonyl (C=O) groups is 2. The van der Waals surface area contributed by atoms with Crippen LogP contribution in [0.5, 0.6) is 0 Å². The summed E-state index contributed by atoms with van der Waals surface area (Å²) in [4.78, 5) is 27.3. The van der Waals surface area contributed by atoms with E-state index >= 15 is 0 Å². The van der Waals surface area contributed by atoms with E-state index in [2.05, 4.69) is 20.8 Å². The fourth-order valence-electron chi connectivity index (χ4n) is 2.62. The molecule has 2 aromatic rings. The highest BCUT2D eigenvalue weighted by Crippen LogP contribution is 2.13. The summed E-state index contributed by atoms with van der Waals surface area (Å²) in [6.45, 7) is 4.00. The molecule has 1 aliphatic rings. The van der Waals surface area contributed by atoms with Crippen LogP contribution in [0.25, 0.3) is 5.69 Å². The SMILES string of the molecule is CC(=O)N1CCCN(C(=O)Nc2ccc(-n3cnnn3)cc2)CC1. The van der Waals surface area contributed by atoms with E-state index in [0.29, 0.717) is 31.9 Å². The van der Waals surface area contributed by atoms with E-state index in [4.69, 9.17) is 0 Å². The van der Waals surface area contributed by atoms with E-state index in [9.17, 15) is 9.59 Å². The number of aromatic nitrogens is 4. The van der Waals surface area contributed by atoms with Crippen molar-refractivity contribution in [3.63, 3.8) is 0 Å². The van der Waals surface area contributed by atoms with E-state index in [-0.39, 0.29) is 11.9 Å². The number of amides is 3. The van der Waals surface area contributed by atoms with Gasteiger partial charge in [0, 0.05) is 38.8 Å². The number of nitrogens with zero attached hydrogens (tertiary/aromatic N) is 6. The maximum absolute atomic E-state index is 12.4. The van der Waals surface area contributed by atoms with Gasteiger partial charge in [0.15, 0.2) is 0 Å². The first-order chi connectivity index (χ1) is 11.6. The van der Waals surface area contributed by atoms with Gasteiger partial charge in [0.1, 0.15) is 6.33 Å². The lowest BCUT2D eigenvalue weighted by Crippen LogP contribution is -2.38. The average molecular weight is 329 g/mol. The zero-order chi connectivity index (χ0) is 16.9. The Labute approximate surface area is 139 Å². The minimum Gasteiger partial charge on any atom is -0.341 e. The molecule has 1 aromatic carbocycles. The molecule has 0 radical (unpaired) electrons. The lowest BCUT2D eigenvalue weighted by atomic mass is 10.3.